The summed E-state index contributed by atoms with van der Waals surface area (Å²) < 4.78 is 6.10. The van der Waals surface area contributed by atoms with Gasteiger partial charge in [0.1, 0.15) is 5.60 Å². The quantitative estimate of drug-likeness (QED) is 0.740. The van der Waals surface area contributed by atoms with E-state index in [1.54, 1.807) is 0 Å². The monoisotopic (exact) mass is 273 g/mol. The summed E-state index contributed by atoms with van der Waals surface area (Å²) in [5.41, 5.74) is -0.279. The third-order valence-electron chi connectivity index (χ3n) is 5.87. The van der Waals surface area contributed by atoms with Crippen LogP contribution in [0.3, 0.4) is 0 Å². The van der Waals surface area contributed by atoms with E-state index in [0.717, 1.165) is 32.2 Å². The van der Waals surface area contributed by atoms with Gasteiger partial charge in [-0.25, -0.2) is 0 Å². The van der Waals surface area contributed by atoms with Crippen LogP contribution in [0.25, 0.3) is 0 Å². The van der Waals surface area contributed by atoms with Crippen molar-refractivity contribution in [3.63, 3.8) is 0 Å². The predicted octanol–water partition coefficient (Wildman–Crippen LogP) is 2.82. The van der Waals surface area contributed by atoms with Crippen LogP contribution in [0.2, 0.25) is 0 Å². The van der Waals surface area contributed by atoms with Crippen molar-refractivity contribution < 1.29 is 9.53 Å². The molecule has 0 unspecified atom stereocenters. The van der Waals surface area contributed by atoms with Crippen molar-refractivity contribution in [2.24, 2.45) is 5.92 Å². The highest BCUT2D eigenvalue weighted by Crippen LogP contribution is 2.52. The van der Waals surface area contributed by atoms with E-state index in [1.165, 1.54) is 19.3 Å². The van der Waals surface area contributed by atoms with Crippen LogP contribution in [0.4, 0.5) is 0 Å². The second-order valence-electron chi connectivity index (χ2n) is 6.96. The molecule has 0 N–H and O–H groups in total. The van der Waals surface area contributed by atoms with E-state index in [1.807, 2.05) is 6.08 Å². The summed E-state index contributed by atoms with van der Waals surface area (Å²) in [6.45, 7) is 4.69. The van der Waals surface area contributed by atoms with Gasteiger partial charge in [-0.3, -0.25) is 4.79 Å². The highest BCUT2D eigenvalue weighted by molar-refractivity contribution is 5.85. The summed E-state index contributed by atoms with van der Waals surface area (Å²) in [5, 5.41) is 0. The van der Waals surface area contributed by atoms with Gasteiger partial charge in [-0.05, 0) is 25.7 Å². The largest absolute Gasteiger partial charge is 0.361 e. The average Bonchev–Trinajstić information content (AvgIpc) is 3.10. The van der Waals surface area contributed by atoms with Crippen molar-refractivity contribution in [2.45, 2.75) is 62.2 Å². The molecule has 2 saturated heterocycles. The predicted molar refractivity (Wildman–Crippen MR) is 77.2 cm³/mol. The van der Waals surface area contributed by atoms with Crippen LogP contribution in [0.15, 0.2) is 24.8 Å². The first-order valence-electron chi connectivity index (χ1n) is 7.99. The van der Waals surface area contributed by atoms with Crippen molar-refractivity contribution in [1.29, 1.82) is 0 Å². The summed E-state index contributed by atoms with van der Waals surface area (Å²) >= 11 is 0. The number of fused-ring (bicyclic) bond motifs is 1. The van der Waals surface area contributed by atoms with E-state index < -0.39 is 0 Å². The maximum atomic E-state index is 12.9. The van der Waals surface area contributed by atoms with Crippen LogP contribution >= 0.6 is 0 Å². The lowest BCUT2D eigenvalue weighted by Crippen LogP contribution is -2.52. The van der Waals surface area contributed by atoms with Gasteiger partial charge in [0.05, 0.1) is 18.6 Å². The van der Waals surface area contributed by atoms with Gasteiger partial charge in [-0.1, -0.05) is 37.5 Å². The van der Waals surface area contributed by atoms with Crippen molar-refractivity contribution in [1.82, 2.24) is 4.90 Å². The topological polar surface area (TPSA) is 29.5 Å². The molecular weight excluding hydrogens is 250 g/mol. The molecule has 3 nitrogen and oxygen atoms in total. The Balaban J connectivity index is 1.66. The maximum absolute atomic E-state index is 12.9. The molecule has 0 aromatic rings. The molecule has 0 radical (unpaired) electrons. The zero-order valence-electron chi connectivity index (χ0n) is 12.0. The van der Waals surface area contributed by atoms with Crippen LogP contribution < -0.4 is 0 Å². The number of carbonyl (C=O) groups excluding carboxylic acids is 1. The van der Waals surface area contributed by atoms with E-state index in [4.69, 9.17) is 4.74 Å². The third-order valence-corrected chi connectivity index (χ3v) is 5.87. The number of nitrogens with zero attached hydrogens (tertiary/aromatic N) is 1. The Kier molecular flexibility index (Phi) is 2.65. The first-order valence-corrected chi connectivity index (χ1v) is 7.99. The fourth-order valence-corrected chi connectivity index (χ4v) is 4.87. The average molecular weight is 273 g/mol. The van der Waals surface area contributed by atoms with Crippen molar-refractivity contribution in [3.8, 4) is 0 Å². The van der Waals surface area contributed by atoms with E-state index in [0.29, 0.717) is 5.91 Å². The van der Waals surface area contributed by atoms with E-state index in [2.05, 4.69) is 23.6 Å². The molecule has 3 heteroatoms. The number of hydrogen-bond donors (Lipinski definition) is 0. The first-order chi connectivity index (χ1) is 9.69. The lowest BCUT2D eigenvalue weighted by Gasteiger charge is -2.45. The molecule has 1 amide bonds. The highest BCUT2D eigenvalue weighted by atomic mass is 16.5. The molecule has 3 atom stereocenters. The van der Waals surface area contributed by atoms with Crippen LogP contribution in [0, 0.1) is 5.92 Å². The number of rotatable bonds is 3. The van der Waals surface area contributed by atoms with Crippen LogP contribution in [0.1, 0.15) is 44.9 Å². The molecule has 3 heterocycles. The van der Waals surface area contributed by atoms with Gasteiger partial charge >= 0.3 is 0 Å². The van der Waals surface area contributed by atoms with Crippen molar-refractivity contribution >= 4 is 5.91 Å². The molecule has 3 fully saturated rings. The number of ether oxygens (including phenoxy) is 1. The van der Waals surface area contributed by atoms with E-state index in [9.17, 15) is 4.79 Å². The second kappa shape index (κ2) is 4.20. The molecule has 108 valence electrons. The molecule has 20 heavy (non-hydrogen) atoms. The molecular formula is C17H23NO2. The standard InChI is InChI=1S/C17H23NO2/c1-2-7-16(8-4-3-5-9-16)18-12-17-10-6-13(20-17)11-14(17)15(18)19/h2,6,10,13-14H,1,3-5,7-9,11-12H2/t13-,14+,17-/m1/s1. The summed E-state index contributed by atoms with van der Waals surface area (Å²) in [5.74, 6) is 0.404. The third kappa shape index (κ3) is 1.53. The van der Waals surface area contributed by atoms with Crippen LogP contribution in [-0.2, 0) is 9.53 Å². The SMILES string of the molecule is C=CCC1(N2C[C@]34C=C[C@H](C[C@H]3C2=O)O4)CCCCC1. The zero-order chi connectivity index (χ0) is 13.8. The molecule has 1 spiro atoms. The maximum Gasteiger partial charge on any atom is 0.229 e. The first kappa shape index (κ1) is 12.6. The minimum Gasteiger partial charge on any atom is -0.361 e. The molecule has 1 saturated carbocycles. The molecule has 3 aliphatic heterocycles. The van der Waals surface area contributed by atoms with Gasteiger partial charge in [-0.2, -0.15) is 0 Å². The summed E-state index contributed by atoms with van der Waals surface area (Å²) in [7, 11) is 0. The summed E-state index contributed by atoms with van der Waals surface area (Å²) in [6, 6.07) is 0. The fraction of sp³-hybridized carbons (Fsp3) is 0.706. The molecule has 0 aromatic carbocycles. The Morgan fingerprint density at radius 2 is 2.20 bits per heavy atom. The second-order valence-corrected chi connectivity index (χ2v) is 6.96. The lowest BCUT2D eigenvalue weighted by molar-refractivity contribution is -0.137. The number of hydrogen-bond acceptors (Lipinski definition) is 2. The van der Waals surface area contributed by atoms with Crippen LogP contribution in [-0.4, -0.2) is 34.6 Å². The number of likely N-dealkylation sites (tertiary alicyclic amines) is 1. The molecule has 4 rings (SSSR count). The van der Waals surface area contributed by atoms with Gasteiger partial charge < -0.3 is 9.64 Å². The smallest absolute Gasteiger partial charge is 0.229 e. The van der Waals surface area contributed by atoms with Crippen molar-refractivity contribution in [2.75, 3.05) is 6.54 Å². The highest BCUT2D eigenvalue weighted by Gasteiger charge is 2.62. The normalized spacial score (nSPS) is 41.2. The minimum absolute atomic E-state index is 0.0193. The summed E-state index contributed by atoms with van der Waals surface area (Å²) in [4.78, 5) is 15.1. The zero-order valence-corrected chi connectivity index (χ0v) is 12.0. The summed E-state index contributed by atoms with van der Waals surface area (Å²) in [6.07, 6.45) is 14.3. The van der Waals surface area contributed by atoms with E-state index in [-0.39, 0.29) is 23.2 Å². The number of amides is 1. The molecule has 2 bridgehead atoms. The minimum atomic E-state index is -0.298. The van der Waals surface area contributed by atoms with Crippen molar-refractivity contribution in [3.05, 3.63) is 24.8 Å². The van der Waals surface area contributed by atoms with Gasteiger partial charge in [0.25, 0.3) is 0 Å². The Bertz CT molecular complexity index is 477. The molecule has 0 aromatic heterocycles. The Hall–Kier alpha value is -1.09. The van der Waals surface area contributed by atoms with Gasteiger partial charge in [0.15, 0.2) is 0 Å². The van der Waals surface area contributed by atoms with Crippen LogP contribution in [0.5, 0.6) is 0 Å². The Morgan fingerprint density at radius 1 is 1.40 bits per heavy atom. The van der Waals surface area contributed by atoms with Gasteiger partial charge in [-0.15, -0.1) is 6.58 Å². The van der Waals surface area contributed by atoms with E-state index >= 15 is 0 Å². The van der Waals surface area contributed by atoms with Gasteiger partial charge in [0, 0.05) is 5.54 Å². The molecule has 1 aliphatic carbocycles. The Labute approximate surface area is 120 Å². The fourth-order valence-electron chi connectivity index (χ4n) is 4.87. The lowest BCUT2D eigenvalue weighted by atomic mass is 9.78. The number of carbonyl (C=O) groups is 1. The Morgan fingerprint density at radius 3 is 2.85 bits per heavy atom. The van der Waals surface area contributed by atoms with Gasteiger partial charge in [0.2, 0.25) is 5.91 Å². The molecule has 4 aliphatic rings.